The lowest BCUT2D eigenvalue weighted by Gasteiger charge is -2.35. The van der Waals surface area contributed by atoms with Crippen LogP contribution in [0, 0.1) is 0 Å². The number of fused-ring (bicyclic) bond motifs is 1. The number of benzene rings is 3. The van der Waals surface area contributed by atoms with Crippen molar-refractivity contribution in [1.29, 1.82) is 0 Å². The maximum atomic E-state index is 13.7. The van der Waals surface area contributed by atoms with Crippen molar-refractivity contribution in [2.45, 2.75) is 37.2 Å². The number of para-hydroxylation sites is 1. The van der Waals surface area contributed by atoms with E-state index < -0.39 is 60.8 Å². The fourth-order valence-electron chi connectivity index (χ4n) is 5.17. The predicted molar refractivity (Wildman–Crippen MR) is 150 cm³/mol. The molecule has 230 valence electrons. The van der Waals surface area contributed by atoms with Crippen LogP contribution in [0.1, 0.15) is 24.0 Å². The van der Waals surface area contributed by atoms with E-state index >= 15 is 0 Å². The fourth-order valence-corrected chi connectivity index (χ4v) is 5.17. The molecule has 0 saturated carbocycles. The van der Waals surface area contributed by atoms with E-state index in [-0.39, 0.29) is 6.79 Å². The van der Waals surface area contributed by atoms with E-state index in [0.717, 1.165) is 16.0 Å². The minimum absolute atomic E-state index is 0.0834. The first-order valence-electron chi connectivity index (χ1n) is 13.6. The highest BCUT2D eigenvalue weighted by Gasteiger charge is 2.58. The third-order valence-corrected chi connectivity index (χ3v) is 7.43. The summed E-state index contributed by atoms with van der Waals surface area (Å²) >= 11 is 0. The summed E-state index contributed by atoms with van der Waals surface area (Å²) in [5, 5.41) is 28.6. The smallest absolute Gasteiger partial charge is 0.377 e. The van der Waals surface area contributed by atoms with Crippen molar-refractivity contribution in [3.63, 3.8) is 0 Å². The molecule has 1 saturated heterocycles. The molecule has 2 aliphatic heterocycles. The molecule has 2 heterocycles. The number of nitrogens with zero attached hydrogens (tertiary/aromatic N) is 1. The quantitative estimate of drug-likeness (QED) is 0.257. The van der Waals surface area contributed by atoms with Crippen LogP contribution in [-0.2, 0) is 35.1 Å². The maximum absolute atomic E-state index is 13.7. The minimum atomic E-state index is -3.08. The van der Waals surface area contributed by atoms with E-state index in [0.29, 0.717) is 29.4 Å². The van der Waals surface area contributed by atoms with E-state index in [2.05, 4.69) is 0 Å². The molecule has 3 atom stereocenters. The first-order valence-corrected chi connectivity index (χ1v) is 13.6. The number of carboxylic acids is 3. The van der Waals surface area contributed by atoms with Crippen molar-refractivity contribution in [3.05, 3.63) is 83.9 Å². The molecule has 0 aliphatic carbocycles. The molecule has 3 N–H and O–H groups in total. The molecular weight excluding hydrogens is 578 g/mol. The highest BCUT2D eigenvalue weighted by Crippen LogP contribution is 2.36. The molecule has 44 heavy (non-hydrogen) atoms. The van der Waals surface area contributed by atoms with Gasteiger partial charge in [0, 0.05) is 12.0 Å². The molecule has 0 aromatic heterocycles. The molecule has 0 bridgehead atoms. The van der Waals surface area contributed by atoms with Gasteiger partial charge in [0.2, 0.25) is 6.79 Å². The van der Waals surface area contributed by atoms with Gasteiger partial charge >= 0.3 is 23.7 Å². The molecule has 5 rings (SSSR count). The zero-order chi connectivity index (χ0) is 31.4. The Hall–Kier alpha value is -5.14. The van der Waals surface area contributed by atoms with Crippen LogP contribution in [-0.4, -0.2) is 81.9 Å². The molecule has 0 spiro atoms. The summed E-state index contributed by atoms with van der Waals surface area (Å²) < 4.78 is 26.9. The molecule has 1 fully saturated rings. The van der Waals surface area contributed by atoms with Gasteiger partial charge < -0.3 is 43.9 Å². The Bertz CT molecular complexity index is 1530. The zero-order valence-electron chi connectivity index (χ0n) is 23.5. The summed E-state index contributed by atoms with van der Waals surface area (Å²) in [6, 6.07) is 20.9. The molecule has 0 radical (unpaired) electrons. The Morgan fingerprint density at radius 3 is 2.20 bits per heavy atom. The standard InChI is InChI=1S/C31H29NO12/c1-18(32(15-27(33)34)28(35)26-16-42-31(44-26,29(36)37)30(38)39)23(13-19-7-12-24-25(14-19)41-17-40-24)20-8-10-22(11-9-20)43-21-5-3-2-4-6-21/h2-12,14,18,23,26H,13,15-17H2,1H3,(H,33,34)(H,36,37)(H,38,39). The van der Waals surface area contributed by atoms with Crippen LogP contribution < -0.4 is 14.2 Å². The van der Waals surface area contributed by atoms with Crippen LogP contribution in [0.3, 0.4) is 0 Å². The van der Waals surface area contributed by atoms with E-state index in [9.17, 15) is 34.5 Å². The molecule has 3 aromatic carbocycles. The molecule has 13 heteroatoms. The predicted octanol–water partition coefficient (Wildman–Crippen LogP) is 3.12. The van der Waals surface area contributed by atoms with Crippen molar-refractivity contribution in [2.75, 3.05) is 19.9 Å². The average Bonchev–Trinajstić information content (AvgIpc) is 3.67. The number of rotatable bonds is 12. The van der Waals surface area contributed by atoms with Crippen LogP contribution in [0.2, 0.25) is 0 Å². The Kier molecular flexibility index (Phi) is 8.69. The lowest BCUT2D eigenvalue weighted by molar-refractivity contribution is -0.218. The van der Waals surface area contributed by atoms with Gasteiger partial charge in [-0.15, -0.1) is 0 Å². The summed E-state index contributed by atoms with van der Waals surface area (Å²) in [6.07, 6.45) is -1.34. The lowest BCUT2D eigenvalue weighted by Crippen LogP contribution is -2.52. The second-order valence-corrected chi connectivity index (χ2v) is 10.2. The summed E-state index contributed by atoms with van der Waals surface area (Å²) in [5.41, 5.74) is 1.56. The molecule has 13 nitrogen and oxygen atoms in total. The minimum Gasteiger partial charge on any atom is -0.480 e. The molecule has 2 aliphatic rings. The molecule has 3 aromatic rings. The summed E-state index contributed by atoms with van der Waals surface area (Å²) in [5.74, 6) is -7.41. The summed E-state index contributed by atoms with van der Waals surface area (Å²) in [4.78, 5) is 50.0. The Labute approximate surface area is 251 Å². The number of aliphatic carboxylic acids is 3. The van der Waals surface area contributed by atoms with Gasteiger partial charge in [0.15, 0.2) is 17.6 Å². The topological polar surface area (TPSA) is 178 Å². The van der Waals surface area contributed by atoms with Crippen molar-refractivity contribution >= 4 is 23.8 Å². The Morgan fingerprint density at radius 1 is 0.909 bits per heavy atom. The van der Waals surface area contributed by atoms with Gasteiger partial charge in [-0.05, 0) is 60.9 Å². The molecular formula is C31H29NO12. The van der Waals surface area contributed by atoms with Gasteiger partial charge in [0.05, 0.1) is 6.61 Å². The number of hydrogen-bond donors (Lipinski definition) is 3. The van der Waals surface area contributed by atoms with Crippen LogP contribution >= 0.6 is 0 Å². The van der Waals surface area contributed by atoms with E-state index in [1.54, 1.807) is 31.2 Å². The van der Waals surface area contributed by atoms with Crippen molar-refractivity contribution in [3.8, 4) is 23.0 Å². The number of carbonyl (C=O) groups excluding carboxylic acids is 1. The van der Waals surface area contributed by atoms with Gasteiger partial charge in [-0.25, -0.2) is 9.59 Å². The SMILES string of the molecule is CC(C(Cc1ccc2c(c1)OCO2)c1ccc(Oc2ccccc2)cc1)N(CC(=O)O)C(=O)C1COC(C(=O)O)(C(=O)O)O1. The summed E-state index contributed by atoms with van der Waals surface area (Å²) in [6.45, 7) is 0.281. The maximum Gasteiger partial charge on any atom is 0.377 e. The fraction of sp³-hybridized carbons (Fsp3) is 0.290. The van der Waals surface area contributed by atoms with E-state index in [1.807, 2.05) is 48.5 Å². The monoisotopic (exact) mass is 607 g/mol. The highest BCUT2D eigenvalue weighted by molar-refractivity contribution is 6.01. The number of ether oxygens (including phenoxy) is 5. The van der Waals surface area contributed by atoms with Gasteiger partial charge in [0.25, 0.3) is 5.91 Å². The van der Waals surface area contributed by atoms with Crippen LogP contribution in [0.25, 0.3) is 0 Å². The van der Waals surface area contributed by atoms with Crippen molar-refractivity contribution in [1.82, 2.24) is 4.90 Å². The third kappa shape index (κ3) is 6.28. The zero-order valence-corrected chi connectivity index (χ0v) is 23.5. The molecule has 3 unspecified atom stereocenters. The largest absolute Gasteiger partial charge is 0.480 e. The Morgan fingerprint density at radius 2 is 1.57 bits per heavy atom. The van der Waals surface area contributed by atoms with Crippen LogP contribution in [0.15, 0.2) is 72.8 Å². The van der Waals surface area contributed by atoms with Gasteiger partial charge in [-0.3, -0.25) is 9.59 Å². The average molecular weight is 608 g/mol. The number of amides is 1. The van der Waals surface area contributed by atoms with Crippen LogP contribution in [0.4, 0.5) is 0 Å². The van der Waals surface area contributed by atoms with E-state index in [1.165, 1.54) is 0 Å². The van der Waals surface area contributed by atoms with Gasteiger partial charge in [-0.2, -0.15) is 0 Å². The normalized spacial score (nSPS) is 17.8. The second kappa shape index (κ2) is 12.6. The Balaban J connectivity index is 1.46. The van der Waals surface area contributed by atoms with Crippen LogP contribution in [0.5, 0.6) is 23.0 Å². The molecule has 1 amide bonds. The number of hydrogen-bond acceptors (Lipinski definition) is 9. The van der Waals surface area contributed by atoms with Crippen molar-refractivity contribution in [2.24, 2.45) is 0 Å². The second-order valence-electron chi connectivity index (χ2n) is 10.2. The number of carbonyl (C=O) groups is 4. The lowest BCUT2D eigenvalue weighted by atomic mass is 9.85. The summed E-state index contributed by atoms with van der Waals surface area (Å²) in [7, 11) is 0. The first-order chi connectivity index (χ1) is 21.1. The first kappa shape index (κ1) is 30.3. The van der Waals surface area contributed by atoms with Crippen molar-refractivity contribution < 1.29 is 58.2 Å². The highest BCUT2D eigenvalue weighted by atomic mass is 16.8. The number of carboxylic acid groups (broad SMARTS) is 3. The third-order valence-electron chi connectivity index (χ3n) is 7.43. The van der Waals surface area contributed by atoms with Gasteiger partial charge in [-0.1, -0.05) is 36.4 Å². The van der Waals surface area contributed by atoms with Gasteiger partial charge in [0.1, 0.15) is 18.0 Å². The van der Waals surface area contributed by atoms with E-state index in [4.69, 9.17) is 23.7 Å².